The van der Waals surface area contributed by atoms with Gasteiger partial charge >= 0.3 is 0 Å². The summed E-state index contributed by atoms with van der Waals surface area (Å²) in [6.45, 7) is 0.0290. The molecule has 0 saturated heterocycles. The van der Waals surface area contributed by atoms with E-state index in [0.29, 0.717) is 46.7 Å². The van der Waals surface area contributed by atoms with Crippen LogP contribution in [0.15, 0.2) is 60.7 Å². The van der Waals surface area contributed by atoms with Gasteiger partial charge in [-0.1, -0.05) is 72.4 Å². The van der Waals surface area contributed by atoms with Crippen molar-refractivity contribution in [2.75, 3.05) is 11.6 Å². The summed E-state index contributed by atoms with van der Waals surface area (Å²) in [6.07, 6.45) is 4.05. The minimum atomic E-state index is -3.60. The molecule has 236 valence electrons. The lowest BCUT2D eigenvalue weighted by Gasteiger charge is -2.49. The second-order valence-corrected chi connectivity index (χ2v) is 14.3. The molecule has 3 aromatic rings. The largest absolute Gasteiger partial charge is 0.326 e. The topological polar surface area (TPSA) is 134 Å². The van der Waals surface area contributed by atoms with E-state index < -0.39 is 40.0 Å². The molecule has 3 amide bonds. The Morgan fingerprint density at radius 2 is 1.80 bits per heavy atom. The van der Waals surface area contributed by atoms with Crippen molar-refractivity contribution in [1.82, 2.24) is 15.1 Å². The van der Waals surface area contributed by atoms with Crippen LogP contribution < -0.4 is 15.5 Å². The van der Waals surface area contributed by atoms with Gasteiger partial charge in [-0.15, -0.1) is 0 Å². The fourth-order valence-electron chi connectivity index (χ4n) is 6.73. The van der Waals surface area contributed by atoms with E-state index in [-0.39, 0.29) is 23.4 Å². The van der Waals surface area contributed by atoms with Crippen LogP contribution in [0.25, 0.3) is 0 Å². The molecule has 1 fully saturated rings. The molecule has 0 unspecified atom stereocenters. The van der Waals surface area contributed by atoms with Gasteiger partial charge in [0.25, 0.3) is 11.8 Å². The predicted molar refractivity (Wildman–Crippen MR) is 170 cm³/mol. The summed E-state index contributed by atoms with van der Waals surface area (Å²) in [6, 6.07) is 15.3. The number of benzene rings is 3. The number of nitrogens with one attached hydrogen (secondary N) is 3. The number of amides is 3. The minimum Gasteiger partial charge on any atom is -0.326 e. The van der Waals surface area contributed by atoms with Crippen molar-refractivity contribution >= 4 is 56.6 Å². The molecule has 0 aromatic heterocycles. The van der Waals surface area contributed by atoms with Crippen LogP contribution >= 0.6 is 23.2 Å². The third-order valence-electron chi connectivity index (χ3n) is 8.60. The van der Waals surface area contributed by atoms with Crippen molar-refractivity contribution in [1.29, 1.82) is 0 Å². The molecule has 3 N–H and O–H groups in total. The van der Waals surface area contributed by atoms with Crippen LogP contribution in [0, 0.1) is 0 Å². The van der Waals surface area contributed by atoms with Gasteiger partial charge in [0.1, 0.15) is 0 Å². The Bertz CT molecular complexity index is 1780. The summed E-state index contributed by atoms with van der Waals surface area (Å²) in [4.78, 5) is 47.6. The summed E-state index contributed by atoms with van der Waals surface area (Å²) < 4.78 is 27.5. The summed E-state index contributed by atoms with van der Waals surface area (Å²) in [5, 5.41) is 3.47. The van der Waals surface area contributed by atoms with Crippen molar-refractivity contribution in [3.63, 3.8) is 0 Å². The van der Waals surface area contributed by atoms with Crippen LogP contribution in [-0.2, 0) is 37.5 Å². The number of sulfonamides is 1. The van der Waals surface area contributed by atoms with Gasteiger partial charge in [0.15, 0.2) is 0 Å². The number of nitrogens with zero attached hydrogens (tertiary/aromatic N) is 1. The summed E-state index contributed by atoms with van der Waals surface area (Å²) in [5.74, 6) is -1.86. The molecule has 4 atom stereocenters. The normalized spacial score (nSPS) is 22.9. The van der Waals surface area contributed by atoms with Crippen LogP contribution in [0.2, 0.25) is 10.0 Å². The van der Waals surface area contributed by atoms with Gasteiger partial charge < -0.3 is 10.2 Å². The van der Waals surface area contributed by atoms with E-state index in [1.54, 1.807) is 53.4 Å². The molecule has 13 heteroatoms. The highest BCUT2D eigenvalue weighted by atomic mass is 35.5. The van der Waals surface area contributed by atoms with E-state index in [0.717, 1.165) is 30.2 Å². The van der Waals surface area contributed by atoms with Gasteiger partial charge in [-0.25, -0.2) is 18.6 Å². The average Bonchev–Trinajstić information content (AvgIpc) is 3.36. The van der Waals surface area contributed by atoms with E-state index in [2.05, 4.69) is 15.5 Å². The Morgan fingerprint density at radius 3 is 2.58 bits per heavy atom. The van der Waals surface area contributed by atoms with Gasteiger partial charge in [0, 0.05) is 33.4 Å². The fourth-order valence-corrected chi connectivity index (χ4v) is 8.08. The fraction of sp³-hybridized carbons (Fsp3) is 0.344. The van der Waals surface area contributed by atoms with Gasteiger partial charge in [0.2, 0.25) is 15.9 Å². The number of halogens is 2. The lowest BCUT2D eigenvalue weighted by atomic mass is 9.76. The van der Waals surface area contributed by atoms with Crippen molar-refractivity contribution in [3.05, 3.63) is 98.5 Å². The lowest BCUT2D eigenvalue weighted by Crippen LogP contribution is -2.59. The third kappa shape index (κ3) is 6.59. The average molecular weight is 672 g/mol. The molecule has 1 saturated carbocycles. The highest BCUT2D eigenvalue weighted by Gasteiger charge is 2.49. The third-order valence-corrected chi connectivity index (χ3v) is 9.90. The SMILES string of the molecule is CS(=O)(=O)N[C@H]1CCCC[C@@H]1N1C(=O)c2ccccc2[C@@H](C(=O)NOCc2ccc3c(c2)NC(=O)C3)[C@@H]1c1ccc(Cl)cc1Cl. The van der Waals surface area contributed by atoms with E-state index in [9.17, 15) is 22.8 Å². The molecule has 10 nitrogen and oxygen atoms in total. The molecule has 2 aliphatic heterocycles. The molecule has 0 spiro atoms. The lowest BCUT2D eigenvalue weighted by molar-refractivity contribution is -0.138. The monoisotopic (exact) mass is 670 g/mol. The Kier molecular flexibility index (Phi) is 8.91. The van der Waals surface area contributed by atoms with E-state index in [4.69, 9.17) is 28.0 Å². The first-order valence-electron chi connectivity index (χ1n) is 14.7. The van der Waals surface area contributed by atoms with Gasteiger partial charge in [-0.05, 0) is 59.4 Å². The maximum atomic E-state index is 14.4. The number of carbonyl (C=O) groups excluding carboxylic acids is 3. The molecule has 3 aromatic carbocycles. The minimum absolute atomic E-state index is 0.0290. The van der Waals surface area contributed by atoms with Crippen molar-refractivity contribution in [2.45, 2.75) is 62.8 Å². The van der Waals surface area contributed by atoms with Gasteiger partial charge in [-0.3, -0.25) is 19.2 Å². The van der Waals surface area contributed by atoms with Crippen LogP contribution in [0.4, 0.5) is 5.69 Å². The molecule has 2 heterocycles. The highest BCUT2D eigenvalue weighted by molar-refractivity contribution is 7.88. The molecule has 6 rings (SSSR count). The number of anilines is 1. The standard InChI is InChI=1S/C32H32Cl2N4O6S/c1-45(42,43)37-25-8-4-5-9-27(25)38-30(23-13-12-20(33)16-24(23)34)29(21-6-2-3-7-22(21)32(38)41)31(40)36-44-17-18-10-11-19-15-28(39)35-26(19)14-18/h2-3,6-7,10-14,16,25,27,29-30,37H,4-5,8-9,15,17H2,1H3,(H,35,39)(H,36,40)/t25-,27-,29+,30-/m0/s1. The van der Waals surface area contributed by atoms with Crippen LogP contribution in [-0.4, -0.2) is 49.4 Å². The van der Waals surface area contributed by atoms with Gasteiger partial charge in [-0.2, -0.15) is 0 Å². The number of fused-ring (bicyclic) bond motifs is 2. The van der Waals surface area contributed by atoms with E-state index in [1.807, 2.05) is 12.1 Å². The highest BCUT2D eigenvalue weighted by Crippen LogP contribution is 2.48. The summed E-state index contributed by atoms with van der Waals surface area (Å²) in [5.41, 5.74) is 6.29. The van der Waals surface area contributed by atoms with Gasteiger partial charge in [0.05, 0.1) is 31.2 Å². The number of rotatable bonds is 8. The first-order chi connectivity index (χ1) is 21.5. The maximum Gasteiger partial charge on any atom is 0.255 e. The van der Waals surface area contributed by atoms with Crippen molar-refractivity contribution < 1.29 is 27.6 Å². The van der Waals surface area contributed by atoms with Crippen LogP contribution in [0.1, 0.15) is 70.3 Å². The zero-order valence-electron chi connectivity index (χ0n) is 24.4. The summed E-state index contributed by atoms with van der Waals surface area (Å²) >= 11 is 13.0. The molecule has 0 bridgehead atoms. The van der Waals surface area contributed by atoms with Crippen LogP contribution in [0.3, 0.4) is 0 Å². The predicted octanol–water partition coefficient (Wildman–Crippen LogP) is 4.88. The van der Waals surface area contributed by atoms with Crippen LogP contribution in [0.5, 0.6) is 0 Å². The number of hydrogen-bond acceptors (Lipinski definition) is 6. The smallest absolute Gasteiger partial charge is 0.255 e. The number of hydroxylamine groups is 1. The Labute approximate surface area is 271 Å². The van der Waals surface area contributed by atoms with E-state index in [1.165, 1.54) is 0 Å². The molecule has 3 aliphatic rings. The van der Waals surface area contributed by atoms with Crippen molar-refractivity contribution in [2.24, 2.45) is 0 Å². The molecule has 1 aliphatic carbocycles. The molecule has 45 heavy (non-hydrogen) atoms. The quantitative estimate of drug-likeness (QED) is 0.293. The Morgan fingerprint density at radius 1 is 1.02 bits per heavy atom. The summed E-state index contributed by atoms with van der Waals surface area (Å²) in [7, 11) is -3.60. The maximum absolute atomic E-state index is 14.4. The molecular weight excluding hydrogens is 639 g/mol. The second-order valence-electron chi connectivity index (χ2n) is 11.7. The Hall–Kier alpha value is -3.48. The Balaban J connectivity index is 1.38. The molecule has 0 radical (unpaired) electrons. The second kappa shape index (κ2) is 12.7. The first-order valence-corrected chi connectivity index (χ1v) is 17.3. The zero-order valence-corrected chi connectivity index (χ0v) is 26.7. The number of hydrogen-bond donors (Lipinski definition) is 3. The molecular formula is C32H32Cl2N4O6S. The first kappa shape index (κ1) is 31.5. The number of carbonyl (C=O) groups is 3. The van der Waals surface area contributed by atoms with Crippen molar-refractivity contribution in [3.8, 4) is 0 Å². The zero-order chi connectivity index (χ0) is 31.9. The van der Waals surface area contributed by atoms with E-state index >= 15 is 0 Å².